The molecule has 1 aliphatic rings. The van der Waals surface area contributed by atoms with E-state index in [1.165, 1.54) is 11.8 Å². The third-order valence-corrected chi connectivity index (χ3v) is 2.70. The summed E-state index contributed by atoms with van der Waals surface area (Å²) in [7, 11) is 0. The Balaban J connectivity index is 1.97. The molecule has 0 unspecified atom stereocenters. The summed E-state index contributed by atoms with van der Waals surface area (Å²) in [6.45, 7) is 3.41. The summed E-state index contributed by atoms with van der Waals surface area (Å²) >= 11 is 1.34. The van der Waals surface area contributed by atoms with Crippen LogP contribution in [0.4, 0.5) is 0 Å². The van der Waals surface area contributed by atoms with E-state index in [0.717, 1.165) is 5.56 Å². The number of aromatic nitrogens is 1. The van der Waals surface area contributed by atoms with Gasteiger partial charge >= 0.3 is 0 Å². The van der Waals surface area contributed by atoms with Gasteiger partial charge in [0.1, 0.15) is 5.70 Å². The minimum Gasteiger partial charge on any atom is -0.265 e. The smallest absolute Gasteiger partial charge is 0.265 e. The first-order valence-electron chi connectivity index (χ1n) is 4.51. The number of carbonyl (C=O) groups is 1. The van der Waals surface area contributed by atoms with Crippen LogP contribution < -0.4 is 0 Å². The average Bonchev–Trinajstić information content (AvgIpc) is 2.32. The largest absolute Gasteiger partial charge is 0.299 e. The van der Waals surface area contributed by atoms with E-state index >= 15 is 0 Å². The average molecular weight is 232 g/mol. The monoisotopic (exact) mass is 232 g/mol. The Kier molecular flexibility index (Phi) is 3.21. The molecule has 0 N–H and O–H groups in total. The number of azo groups is 1. The number of rotatable bonds is 2. The molecule has 0 bridgehead atoms. The molecule has 0 saturated heterocycles. The number of thioether (sulfide) groups is 1. The van der Waals surface area contributed by atoms with Crippen LogP contribution in [-0.4, -0.2) is 16.1 Å². The van der Waals surface area contributed by atoms with Gasteiger partial charge in [-0.3, -0.25) is 9.78 Å². The van der Waals surface area contributed by atoms with E-state index in [9.17, 15) is 4.79 Å². The van der Waals surface area contributed by atoms with Crippen LogP contribution in [0.5, 0.6) is 0 Å². The SMILES string of the molecule is C=C1N=NC(SCc2cccnc2)=NC1=O. The molecule has 0 radical (unpaired) electrons. The van der Waals surface area contributed by atoms with Crippen molar-refractivity contribution in [2.24, 2.45) is 15.2 Å². The van der Waals surface area contributed by atoms with E-state index in [-0.39, 0.29) is 5.70 Å². The van der Waals surface area contributed by atoms with Crippen LogP contribution in [0, 0.1) is 0 Å². The fourth-order valence-corrected chi connectivity index (χ4v) is 1.72. The predicted octanol–water partition coefficient (Wildman–Crippen LogP) is 2.18. The lowest BCUT2D eigenvalue weighted by Crippen LogP contribution is -2.04. The molecule has 6 heteroatoms. The van der Waals surface area contributed by atoms with Crippen molar-refractivity contribution >= 4 is 22.8 Å². The Morgan fingerprint density at radius 2 is 2.25 bits per heavy atom. The maximum absolute atomic E-state index is 11.1. The Morgan fingerprint density at radius 3 is 2.94 bits per heavy atom. The Bertz CT molecular complexity index is 481. The van der Waals surface area contributed by atoms with Crippen LogP contribution in [0.2, 0.25) is 0 Å². The van der Waals surface area contributed by atoms with Crippen molar-refractivity contribution < 1.29 is 4.79 Å². The van der Waals surface area contributed by atoms with Crippen molar-refractivity contribution in [2.45, 2.75) is 5.75 Å². The van der Waals surface area contributed by atoms with Crippen molar-refractivity contribution in [3.63, 3.8) is 0 Å². The molecule has 16 heavy (non-hydrogen) atoms. The maximum atomic E-state index is 11.1. The van der Waals surface area contributed by atoms with Crippen molar-refractivity contribution in [1.82, 2.24) is 4.98 Å². The lowest BCUT2D eigenvalue weighted by molar-refractivity contribution is -0.114. The molecule has 0 aromatic carbocycles. The topological polar surface area (TPSA) is 67.0 Å². The number of pyridine rings is 1. The number of aliphatic imine (C=N–C) groups is 1. The van der Waals surface area contributed by atoms with Crippen LogP contribution in [0.1, 0.15) is 5.56 Å². The highest BCUT2D eigenvalue weighted by Gasteiger charge is 2.13. The van der Waals surface area contributed by atoms with Gasteiger partial charge in [0.2, 0.25) is 5.17 Å². The molecule has 1 aromatic rings. The van der Waals surface area contributed by atoms with Gasteiger partial charge in [0.05, 0.1) is 0 Å². The summed E-state index contributed by atoms with van der Waals surface area (Å²) < 4.78 is 0. The molecule has 1 amide bonds. The molecule has 0 saturated carbocycles. The van der Waals surface area contributed by atoms with Crippen LogP contribution >= 0.6 is 11.8 Å². The van der Waals surface area contributed by atoms with Crippen LogP contribution in [0.25, 0.3) is 0 Å². The highest BCUT2D eigenvalue weighted by Crippen LogP contribution is 2.18. The van der Waals surface area contributed by atoms with E-state index in [2.05, 4.69) is 26.8 Å². The quantitative estimate of drug-likeness (QED) is 0.734. The molecule has 1 aromatic heterocycles. The van der Waals surface area contributed by atoms with Gasteiger partial charge in [-0.1, -0.05) is 24.4 Å². The molecule has 0 aliphatic carbocycles. The standard InChI is InChI=1S/C10H8N4OS/c1-7-9(15)12-10(14-13-7)16-6-8-3-2-4-11-5-8/h2-5H,1,6H2. The second-order valence-corrected chi connectivity index (χ2v) is 3.94. The maximum Gasteiger partial charge on any atom is 0.299 e. The zero-order valence-corrected chi connectivity index (χ0v) is 9.15. The second kappa shape index (κ2) is 4.80. The Labute approximate surface area is 96.4 Å². The van der Waals surface area contributed by atoms with Crippen molar-refractivity contribution in [2.75, 3.05) is 0 Å². The summed E-state index contributed by atoms with van der Waals surface area (Å²) in [6.07, 6.45) is 3.47. The lowest BCUT2D eigenvalue weighted by Gasteiger charge is -2.03. The third kappa shape index (κ3) is 2.60. The molecule has 0 fully saturated rings. The molecular formula is C10H8N4OS. The number of hydrogen-bond acceptors (Lipinski definition) is 5. The van der Waals surface area contributed by atoms with Crippen LogP contribution in [0.3, 0.4) is 0 Å². The van der Waals surface area contributed by atoms with Gasteiger partial charge < -0.3 is 0 Å². The van der Waals surface area contributed by atoms with Crippen molar-refractivity contribution in [3.05, 3.63) is 42.4 Å². The number of hydrogen-bond donors (Lipinski definition) is 0. The lowest BCUT2D eigenvalue weighted by atomic mass is 10.3. The van der Waals surface area contributed by atoms with Crippen molar-refractivity contribution in [3.8, 4) is 0 Å². The van der Waals surface area contributed by atoms with Gasteiger partial charge in [-0.25, -0.2) is 0 Å². The molecule has 80 valence electrons. The van der Waals surface area contributed by atoms with E-state index in [1.807, 2.05) is 12.1 Å². The summed E-state index contributed by atoms with van der Waals surface area (Å²) in [5, 5.41) is 7.75. The highest BCUT2D eigenvalue weighted by atomic mass is 32.2. The van der Waals surface area contributed by atoms with Gasteiger partial charge in [-0.05, 0) is 11.6 Å². The predicted molar refractivity (Wildman–Crippen MR) is 62.0 cm³/mol. The number of amides is 1. The van der Waals surface area contributed by atoms with Gasteiger partial charge in [-0.2, -0.15) is 4.99 Å². The van der Waals surface area contributed by atoms with Gasteiger partial charge in [0.25, 0.3) is 5.91 Å². The number of carbonyl (C=O) groups excluding carboxylic acids is 1. The fourth-order valence-electron chi connectivity index (χ4n) is 1.01. The summed E-state index contributed by atoms with van der Waals surface area (Å²) in [4.78, 5) is 18.9. The zero-order valence-electron chi connectivity index (χ0n) is 8.33. The third-order valence-electron chi connectivity index (χ3n) is 1.79. The Hall–Kier alpha value is -1.82. The van der Waals surface area contributed by atoms with Gasteiger partial charge in [0.15, 0.2) is 0 Å². The van der Waals surface area contributed by atoms with E-state index in [4.69, 9.17) is 0 Å². The van der Waals surface area contributed by atoms with E-state index in [1.54, 1.807) is 12.4 Å². The first kappa shape index (κ1) is 10.7. The summed E-state index contributed by atoms with van der Waals surface area (Å²) in [6, 6.07) is 3.80. The van der Waals surface area contributed by atoms with E-state index in [0.29, 0.717) is 10.9 Å². The molecular weight excluding hydrogens is 224 g/mol. The van der Waals surface area contributed by atoms with E-state index < -0.39 is 5.91 Å². The van der Waals surface area contributed by atoms with Gasteiger partial charge in [0, 0.05) is 18.1 Å². The molecule has 1 aliphatic heterocycles. The number of nitrogens with zero attached hydrogens (tertiary/aromatic N) is 4. The Morgan fingerprint density at radius 1 is 1.38 bits per heavy atom. The highest BCUT2D eigenvalue weighted by molar-refractivity contribution is 8.13. The molecule has 0 atom stereocenters. The first-order chi connectivity index (χ1) is 7.75. The van der Waals surface area contributed by atoms with Crippen LogP contribution in [0.15, 0.2) is 52.0 Å². The van der Waals surface area contributed by atoms with Gasteiger partial charge in [-0.15, -0.1) is 10.2 Å². The van der Waals surface area contributed by atoms with Crippen LogP contribution in [-0.2, 0) is 10.5 Å². The second-order valence-electron chi connectivity index (χ2n) is 3.00. The zero-order chi connectivity index (χ0) is 11.4. The minimum atomic E-state index is -0.427. The molecule has 5 nitrogen and oxygen atoms in total. The number of amidine groups is 1. The summed E-state index contributed by atoms with van der Waals surface area (Å²) in [5.41, 5.74) is 1.12. The fraction of sp³-hybridized carbons (Fsp3) is 0.100. The molecule has 0 spiro atoms. The first-order valence-corrected chi connectivity index (χ1v) is 5.49. The minimum absolute atomic E-state index is 0.0747. The molecule has 2 rings (SSSR count). The normalized spacial score (nSPS) is 15.1. The van der Waals surface area contributed by atoms with Crippen molar-refractivity contribution in [1.29, 1.82) is 0 Å². The summed E-state index contributed by atoms with van der Waals surface area (Å²) in [5.74, 6) is 0.231. The molecule has 2 heterocycles.